The number of sulfonamides is 1. The van der Waals surface area contributed by atoms with E-state index >= 15 is 0 Å². The first-order valence-electron chi connectivity index (χ1n) is 9.21. The summed E-state index contributed by atoms with van der Waals surface area (Å²) in [5.41, 5.74) is 3.46. The molecule has 0 amide bonds. The normalized spacial score (nSPS) is 16.6. The minimum Gasteiger partial charge on any atom is -0.360 e. The first-order valence-corrected chi connectivity index (χ1v) is 11.5. The summed E-state index contributed by atoms with van der Waals surface area (Å²) in [6, 6.07) is 13.1. The van der Waals surface area contributed by atoms with Crippen LogP contribution in [-0.2, 0) is 16.6 Å². The molecule has 8 heteroatoms. The van der Waals surface area contributed by atoms with E-state index in [1.807, 2.05) is 32.0 Å². The van der Waals surface area contributed by atoms with Gasteiger partial charge in [0, 0.05) is 11.9 Å². The molecule has 0 spiro atoms. The number of ketones is 1. The van der Waals surface area contributed by atoms with Crippen molar-refractivity contribution in [2.45, 2.75) is 20.4 Å². The number of thiophene rings is 1. The summed E-state index contributed by atoms with van der Waals surface area (Å²) in [5.74, 6) is -0.996. The standard InChI is InChI=1S/C22H19FN2O3S2/c1-14-6-7-15(2)18(10-14)24-12-20-21(26)22-19(8-9-29-22)25(30(20,27)28)13-16-4-3-5-17(23)11-16/h3-12,24H,13H2,1-2H3/b20-12-. The highest BCUT2D eigenvalue weighted by molar-refractivity contribution is 7.97. The SMILES string of the molecule is Cc1ccc(C)c(N/C=C2/C(=O)c3sccc3N(Cc3cccc(F)c3)S2(=O)=O)c1. The Bertz CT molecular complexity index is 1280. The fourth-order valence-electron chi connectivity index (χ4n) is 3.29. The quantitative estimate of drug-likeness (QED) is 0.578. The molecule has 2 aromatic carbocycles. The third kappa shape index (κ3) is 3.64. The van der Waals surface area contributed by atoms with Crippen molar-refractivity contribution in [3.63, 3.8) is 0 Å². The summed E-state index contributed by atoms with van der Waals surface area (Å²) in [4.78, 5) is 13.0. The molecule has 1 aromatic heterocycles. The third-order valence-corrected chi connectivity index (χ3v) is 7.55. The number of halogens is 1. The number of carbonyl (C=O) groups is 1. The van der Waals surface area contributed by atoms with Gasteiger partial charge in [-0.05, 0) is 60.2 Å². The second-order valence-corrected chi connectivity index (χ2v) is 9.82. The molecular weight excluding hydrogens is 423 g/mol. The Balaban J connectivity index is 1.77. The molecule has 1 N–H and O–H groups in total. The Hall–Kier alpha value is -2.97. The number of nitrogens with zero attached hydrogens (tertiary/aromatic N) is 1. The van der Waals surface area contributed by atoms with E-state index in [4.69, 9.17) is 0 Å². The number of carbonyl (C=O) groups excluding carboxylic acids is 1. The second-order valence-electron chi connectivity index (χ2n) is 7.08. The molecule has 0 bridgehead atoms. The van der Waals surface area contributed by atoms with Crippen molar-refractivity contribution in [2.24, 2.45) is 0 Å². The average Bonchev–Trinajstić information content (AvgIpc) is 3.17. The van der Waals surface area contributed by atoms with Crippen LogP contribution in [0, 0.1) is 19.7 Å². The lowest BCUT2D eigenvalue weighted by Crippen LogP contribution is -2.38. The number of nitrogens with one attached hydrogen (secondary N) is 1. The van der Waals surface area contributed by atoms with Gasteiger partial charge in [-0.15, -0.1) is 11.3 Å². The van der Waals surface area contributed by atoms with Crippen LogP contribution in [0.4, 0.5) is 15.8 Å². The number of rotatable bonds is 4. The van der Waals surface area contributed by atoms with Gasteiger partial charge in [-0.3, -0.25) is 9.10 Å². The van der Waals surface area contributed by atoms with Crippen LogP contribution in [0.3, 0.4) is 0 Å². The number of aryl methyl sites for hydroxylation is 2. The molecule has 0 fully saturated rings. The Labute approximate surface area is 178 Å². The maximum atomic E-state index is 13.6. The summed E-state index contributed by atoms with van der Waals surface area (Å²) in [7, 11) is -4.13. The highest BCUT2D eigenvalue weighted by Gasteiger charge is 2.41. The van der Waals surface area contributed by atoms with Gasteiger partial charge in [-0.1, -0.05) is 24.3 Å². The minimum absolute atomic E-state index is 0.0715. The second kappa shape index (κ2) is 7.70. The smallest absolute Gasteiger partial charge is 0.270 e. The molecule has 0 saturated heterocycles. The van der Waals surface area contributed by atoms with Crippen LogP contribution in [0.2, 0.25) is 0 Å². The number of anilines is 2. The van der Waals surface area contributed by atoms with Crippen LogP contribution in [-0.4, -0.2) is 14.2 Å². The lowest BCUT2D eigenvalue weighted by atomic mass is 10.1. The lowest BCUT2D eigenvalue weighted by molar-refractivity contribution is 0.104. The van der Waals surface area contributed by atoms with Crippen molar-refractivity contribution in [3.8, 4) is 0 Å². The number of fused-ring (bicyclic) bond motifs is 1. The molecule has 154 valence electrons. The molecule has 0 radical (unpaired) electrons. The van der Waals surface area contributed by atoms with Crippen molar-refractivity contribution >= 4 is 38.5 Å². The predicted octanol–water partition coefficient (Wildman–Crippen LogP) is 4.99. The van der Waals surface area contributed by atoms with Gasteiger partial charge in [0.05, 0.1) is 12.2 Å². The maximum Gasteiger partial charge on any atom is 0.270 e. The maximum absolute atomic E-state index is 13.6. The summed E-state index contributed by atoms with van der Waals surface area (Å²) in [5, 5.41) is 4.66. The molecule has 2 heterocycles. The van der Waals surface area contributed by atoms with E-state index in [1.54, 1.807) is 17.5 Å². The topological polar surface area (TPSA) is 66.5 Å². The fourth-order valence-corrected chi connectivity index (χ4v) is 5.78. The van der Waals surface area contributed by atoms with Crippen molar-refractivity contribution < 1.29 is 17.6 Å². The zero-order valence-corrected chi connectivity index (χ0v) is 18.0. The number of benzene rings is 2. The van der Waals surface area contributed by atoms with Gasteiger partial charge in [0.15, 0.2) is 4.91 Å². The van der Waals surface area contributed by atoms with Gasteiger partial charge in [0.25, 0.3) is 10.0 Å². The first kappa shape index (κ1) is 20.3. The summed E-state index contributed by atoms with van der Waals surface area (Å²) < 4.78 is 41.5. The molecule has 30 heavy (non-hydrogen) atoms. The van der Waals surface area contributed by atoms with Crippen LogP contribution in [0.25, 0.3) is 0 Å². The number of hydrogen-bond acceptors (Lipinski definition) is 5. The van der Waals surface area contributed by atoms with Crippen molar-refractivity contribution in [1.29, 1.82) is 0 Å². The van der Waals surface area contributed by atoms with E-state index in [2.05, 4.69) is 5.32 Å². The highest BCUT2D eigenvalue weighted by atomic mass is 32.2. The van der Waals surface area contributed by atoms with Crippen LogP contribution >= 0.6 is 11.3 Å². The monoisotopic (exact) mass is 442 g/mol. The molecule has 1 aliphatic rings. The fraction of sp³-hybridized carbons (Fsp3) is 0.136. The van der Waals surface area contributed by atoms with E-state index in [1.165, 1.54) is 35.7 Å². The van der Waals surface area contributed by atoms with E-state index in [-0.39, 0.29) is 11.4 Å². The average molecular weight is 443 g/mol. The predicted molar refractivity (Wildman–Crippen MR) is 118 cm³/mol. The van der Waals surface area contributed by atoms with Gasteiger partial charge in [-0.25, -0.2) is 12.8 Å². The Morgan fingerprint density at radius 1 is 1.13 bits per heavy atom. The van der Waals surface area contributed by atoms with E-state index < -0.39 is 21.6 Å². The lowest BCUT2D eigenvalue weighted by Gasteiger charge is -2.29. The first-order chi connectivity index (χ1) is 14.3. The third-order valence-electron chi connectivity index (χ3n) is 4.88. The zero-order chi connectivity index (χ0) is 21.5. The molecular formula is C22H19FN2O3S2. The molecule has 5 nitrogen and oxygen atoms in total. The number of hydrogen-bond donors (Lipinski definition) is 1. The van der Waals surface area contributed by atoms with Gasteiger partial charge < -0.3 is 5.32 Å². The van der Waals surface area contributed by atoms with Gasteiger partial charge in [-0.2, -0.15) is 0 Å². The summed E-state index contributed by atoms with van der Waals surface area (Å²) in [6.07, 6.45) is 1.25. The molecule has 0 aliphatic carbocycles. The van der Waals surface area contributed by atoms with E-state index in [9.17, 15) is 17.6 Å². The van der Waals surface area contributed by atoms with Crippen LogP contribution in [0.1, 0.15) is 26.4 Å². The number of Topliss-reactive ketones (excluding diaryl/α,β-unsaturated/α-hetero) is 1. The minimum atomic E-state index is -4.13. The van der Waals surface area contributed by atoms with E-state index in [0.29, 0.717) is 16.1 Å². The van der Waals surface area contributed by atoms with Crippen molar-refractivity contribution in [1.82, 2.24) is 0 Å². The van der Waals surface area contributed by atoms with Crippen molar-refractivity contribution in [3.05, 3.63) is 92.4 Å². The molecule has 4 rings (SSSR count). The summed E-state index contributed by atoms with van der Waals surface area (Å²) >= 11 is 1.18. The molecule has 0 saturated carbocycles. The van der Waals surface area contributed by atoms with Crippen molar-refractivity contribution in [2.75, 3.05) is 9.62 Å². The molecule has 0 atom stereocenters. The van der Waals surface area contributed by atoms with Gasteiger partial charge in [0.2, 0.25) is 5.78 Å². The Morgan fingerprint density at radius 3 is 2.70 bits per heavy atom. The largest absolute Gasteiger partial charge is 0.360 e. The van der Waals surface area contributed by atoms with Crippen LogP contribution in [0.15, 0.2) is 65.0 Å². The van der Waals surface area contributed by atoms with Crippen LogP contribution < -0.4 is 9.62 Å². The van der Waals surface area contributed by atoms with Gasteiger partial charge in [0.1, 0.15) is 10.7 Å². The molecule has 1 aliphatic heterocycles. The van der Waals surface area contributed by atoms with E-state index in [0.717, 1.165) is 21.1 Å². The Kier molecular flexibility index (Phi) is 5.21. The van der Waals surface area contributed by atoms with Gasteiger partial charge >= 0.3 is 0 Å². The zero-order valence-electron chi connectivity index (χ0n) is 16.3. The molecule has 0 unspecified atom stereocenters. The number of allylic oxidation sites excluding steroid dienone is 1. The highest BCUT2D eigenvalue weighted by Crippen LogP contribution is 2.39. The van der Waals surface area contributed by atoms with Crippen LogP contribution in [0.5, 0.6) is 0 Å². The summed E-state index contributed by atoms with van der Waals surface area (Å²) in [6.45, 7) is 3.75. The Morgan fingerprint density at radius 2 is 1.93 bits per heavy atom. The molecule has 3 aromatic rings.